The predicted molar refractivity (Wildman–Crippen MR) is 87.9 cm³/mol. The molecule has 0 aliphatic heterocycles. The summed E-state index contributed by atoms with van der Waals surface area (Å²) in [6.45, 7) is 5.28. The van der Waals surface area contributed by atoms with E-state index in [0.29, 0.717) is 22.6 Å². The van der Waals surface area contributed by atoms with Gasteiger partial charge in [-0.1, -0.05) is 17.7 Å². The molecular weight excluding hydrogens is 296 g/mol. The number of hydrogen-bond donors (Lipinski definition) is 1. The number of amides is 1. The minimum absolute atomic E-state index is 0.00824. The zero-order valence-electron chi connectivity index (χ0n) is 13.3. The fourth-order valence-corrected chi connectivity index (χ4v) is 2.20. The van der Waals surface area contributed by atoms with Crippen LogP contribution in [0.4, 0.5) is 11.4 Å². The van der Waals surface area contributed by atoms with Gasteiger partial charge in [0.05, 0.1) is 4.92 Å². The molecule has 1 N–H and O–H groups in total. The molecule has 0 atom stereocenters. The second kappa shape index (κ2) is 6.91. The van der Waals surface area contributed by atoms with Crippen LogP contribution in [-0.4, -0.2) is 17.4 Å². The molecule has 2 aromatic carbocycles. The minimum atomic E-state index is -0.452. The lowest BCUT2D eigenvalue weighted by Crippen LogP contribution is -2.21. The fraction of sp³-hybridized carbons (Fsp3) is 0.235. The molecule has 0 saturated heterocycles. The Morgan fingerprint density at radius 2 is 1.70 bits per heavy atom. The molecule has 6 nitrogen and oxygen atoms in total. The second-order valence-electron chi connectivity index (χ2n) is 5.36. The number of carbonyl (C=O) groups is 1. The van der Waals surface area contributed by atoms with Crippen LogP contribution in [0, 0.1) is 30.9 Å². The highest BCUT2D eigenvalue weighted by molar-refractivity contribution is 5.93. The summed E-state index contributed by atoms with van der Waals surface area (Å²) >= 11 is 0. The van der Waals surface area contributed by atoms with Gasteiger partial charge >= 0.3 is 0 Å². The molecule has 2 aromatic rings. The molecule has 23 heavy (non-hydrogen) atoms. The van der Waals surface area contributed by atoms with Gasteiger partial charge in [-0.15, -0.1) is 0 Å². The van der Waals surface area contributed by atoms with E-state index in [0.717, 1.165) is 5.56 Å². The second-order valence-corrected chi connectivity index (χ2v) is 5.36. The highest BCUT2D eigenvalue weighted by atomic mass is 16.6. The number of anilines is 1. The summed E-state index contributed by atoms with van der Waals surface area (Å²) in [5.41, 5.74) is 2.97. The van der Waals surface area contributed by atoms with Gasteiger partial charge in [0.2, 0.25) is 0 Å². The van der Waals surface area contributed by atoms with Gasteiger partial charge in [-0.3, -0.25) is 14.9 Å². The fourth-order valence-electron chi connectivity index (χ4n) is 2.20. The Bertz CT molecular complexity index is 716. The molecule has 0 aliphatic carbocycles. The van der Waals surface area contributed by atoms with E-state index in [2.05, 4.69) is 5.32 Å². The van der Waals surface area contributed by atoms with Gasteiger partial charge in [-0.25, -0.2) is 0 Å². The third kappa shape index (κ3) is 4.29. The number of rotatable bonds is 5. The predicted octanol–water partition coefficient (Wildman–Crippen LogP) is 3.54. The maximum atomic E-state index is 12.0. The monoisotopic (exact) mass is 314 g/mol. The Kier molecular flexibility index (Phi) is 4.95. The zero-order chi connectivity index (χ0) is 17.0. The molecule has 0 heterocycles. The Morgan fingerprint density at radius 1 is 1.13 bits per heavy atom. The van der Waals surface area contributed by atoms with Crippen LogP contribution in [0.25, 0.3) is 0 Å². The number of non-ortho nitro benzene ring substituents is 1. The van der Waals surface area contributed by atoms with Gasteiger partial charge in [-0.05, 0) is 44.0 Å². The summed E-state index contributed by atoms with van der Waals surface area (Å²) < 4.78 is 5.42. The Hall–Kier alpha value is -2.89. The number of benzene rings is 2. The van der Waals surface area contributed by atoms with Gasteiger partial charge in [-0.2, -0.15) is 0 Å². The summed E-state index contributed by atoms with van der Waals surface area (Å²) in [6, 6.07) is 10.3. The van der Waals surface area contributed by atoms with Crippen molar-refractivity contribution in [1.82, 2.24) is 0 Å². The van der Waals surface area contributed by atoms with Gasteiger partial charge < -0.3 is 10.1 Å². The third-order valence-corrected chi connectivity index (χ3v) is 3.38. The Balaban J connectivity index is 2.02. The molecule has 120 valence electrons. The molecule has 0 fully saturated rings. The van der Waals surface area contributed by atoms with Crippen LogP contribution in [-0.2, 0) is 4.79 Å². The van der Waals surface area contributed by atoms with E-state index in [-0.39, 0.29) is 18.2 Å². The van der Waals surface area contributed by atoms with Crippen LogP contribution in [0.2, 0.25) is 0 Å². The Morgan fingerprint density at radius 3 is 2.22 bits per heavy atom. The van der Waals surface area contributed by atoms with Crippen molar-refractivity contribution in [3.05, 3.63) is 63.2 Å². The van der Waals surface area contributed by atoms with Gasteiger partial charge in [0.15, 0.2) is 6.61 Å². The van der Waals surface area contributed by atoms with Crippen molar-refractivity contribution in [2.75, 3.05) is 11.9 Å². The largest absolute Gasteiger partial charge is 0.484 e. The van der Waals surface area contributed by atoms with Crippen molar-refractivity contribution in [2.24, 2.45) is 0 Å². The number of nitrogens with zero attached hydrogens (tertiary/aromatic N) is 1. The molecule has 2 rings (SSSR count). The first-order valence-corrected chi connectivity index (χ1v) is 7.12. The number of ether oxygens (including phenoxy) is 1. The van der Waals surface area contributed by atoms with Crippen molar-refractivity contribution in [2.45, 2.75) is 20.8 Å². The number of nitrogens with one attached hydrogen (secondary N) is 1. The third-order valence-electron chi connectivity index (χ3n) is 3.38. The summed E-state index contributed by atoms with van der Waals surface area (Å²) in [6.07, 6.45) is 0. The van der Waals surface area contributed by atoms with E-state index in [1.54, 1.807) is 26.0 Å². The Labute approximate surface area is 134 Å². The summed E-state index contributed by atoms with van der Waals surface area (Å²) in [5.74, 6) is 0.300. The number of nitro benzene ring substituents is 1. The summed E-state index contributed by atoms with van der Waals surface area (Å²) in [5, 5.41) is 13.6. The van der Waals surface area contributed by atoms with Crippen molar-refractivity contribution in [3.63, 3.8) is 0 Å². The van der Waals surface area contributed by atoms with Gasteiger partial charge in [0, 0.05) is 17.8 Å². The standard InChI is InChI=1S/C17H18N2O4/c1-11-4-6-15(7-5-11)23-10-16(20)18-17-12(2)8-14(19(21)22)9-13(17)3/h4-9H,10H2,1-3H3,(H,18,20). The van der Waals surface area contributed by atoms with E-state index in [1.807, 2.05) is 19.1 Å². The highest BCUT2D eigenvalue weighted by Crippen LogP contribution is 2.26. The van der Waals surface area contributed by atoms with Crippen LogP contribution in [0.5, 0.6) is 5.75 Å². The lowest BCUT2D eigenvalue weighted by molar-refractivity contribution is -0.384. The molecular formula is C17H18N2O4. The quantitative estimate of drug-likeness (QED) is 0.676. The minimum Gasteiger partial charge on any atom is -0.484 e. The molecule has 6 heteroatoms. The zero-order valence-corrected chi connectivity index (χ0v) is 13.3. The number of aryl methyl sites for hydroxylation is 3. The van der Waals surface area contributed by atoms with Crippen LogP contribution in [0.3, 0.4) is 0 Å². The molecule has 0 aliphatic rings. The van der Waals surface area contributed by atoms with Crippen LogP contribution >= 0.6 is 0 Å². The van der Waals surface area contributed by atoms with Gasteiger partial charge in [0.1, 0.15) is 5.75 Å². The van der Waals surface area contributed by atoms with E-state index in [9.17, 15) is 14.9 Å². The summed E-state index contributed by atoms with van der Waals surface area (Å²) in [4.78, 5) is 22.4. The van der Waals surface area contributed by atoms with Crippen LogP contribution < -0.4 is 10.1 Å². The van der Waals surface area contributed by atoms with E-state index < -0.39 is 4.92 Å². The smallest absolute Gasteiger partial charge is 0.270 e. The van der Waals surface area contributed by atoms with E-state index in [1.165, 1.54) is 12.1 Å². The topological polar surface area (TPSA) is 81.5 Å². The molecule has 1 amide bonds. The van der Waals surface area contributed by atoms with Crippen molar-refractivity contribution >= 4 is 17.3 Å². The average Bonchev–Trinajstić information content (AvgIpc) is 2.50. The van der Waals surface area contributed by atoms with Gasteiger partial charge in [0.25, 0.3) is 11.6 Å². The van der Waals surface area contributed by atoms with E-state index >= 15 is 0 Å². The van der Waals surface area contributed by atoms with Crippen LogP contribution in [0.1, 0.15) is 16.7 Å². The van der Waals surface area contributed by atoms with Crippen molar-refractivity contribution in [1.29, 1.82) is 0 Å². The molecule has 0 radical (unpaired) electrons. The van der Waals surface area contributed by atoms with Crippen molar-refractivity contribution in [3.8, 4) is 5.75 Å². The number of carbonyl (C=O) groups excluding carboxylic acids is 1. The molecule has 0 spiro atoms. The molecule has 0 unspecified atom stereocenters. The first-order valence-electron chi connectivity index (χ1n) is 7.12. The SMILES string of the molecule is Cc1ccc(OCC(=O)Nc2c(C)cc([N+](=O)[O-])cc2C)cc1. The van der Waals surface area contributed by atoms with Crippen molar-refractivity contribution < 1.29 is 14.5 Å². The highest BCUT2D eigenvalue weighted by Gasteiger charge is 2.14. The number of hydrogen-bond acceptors (Lipinski definition) is 4. The first kappa shape index (κ1) is 16.5. The van der Waals surface area contributed by atoms with E-state index in [4.69, 9.17) is 4.74 Å². The molecule has 0 saturated carbocycles. The maximum Gasteiger partial charge on any atom is 0.270 e. The van der Waals surface area contributed by atoms with Crippen LogP contribution in [0.15, 0.2) is 36.4 Å². The molecule has 0 aromatic heterocycles. The maximum absolute atomic E-state index is 12.0. The first-order chi connectivity index (χ1) is 10.9. The lowest BCUT2D eigenvalue weighted by Gasteiger charge is -2.12. The number of nitro groups is 1. The normalized spacial score (nSPS) is 10.2. The average molecular weight is 314 g/mol. The molecule has 0 bridgehead atoms. The lowest BCUT2D eigenvalue weighted by atomic mass is 10.1. The summed E-state index contributed by atoms with van der Waals surface area (Å²) in [7, 11) is 0.